The normalized spacial score (nSPS) is 14.9. The maximum absolute atomic E-state index is 12.7. The van der Waals surface area contributed by atoms with Crippen molar-refractivity contribution in [1.29, 1.82) is 0 Å². The summed E-state index contributed by atoms with van der Waals surface area (Å²) in [5.41, 5.74) is 0.0603. The number of benzene rings is 2. The van der Waals surface area contributed by atoms with Crippen molar-refractivity contribution in [3.8, 4) is 17.2 Å². The summed E-state index contributed by atoms with van der Waals surface area (Å²) in [7, 11) is -1.14. The van der Waals surface area contributed by atoms with E-state index in [1.165, 1.54) is 26.4 Å². The van der Waals surface area contributed by atoms with Gasteiger partial charge in [0.2, 0.25) is 0 Å². The van der Waals surface area contributed by atoms with Crippen LogP contribution in [0.25, 0.3) is 0 Å². The Hall–Kier alpha value is -2.26. The van der Waals surface area contributed by atoms with Crippen LogP contribution in [0.3, 0.4) is 0 Å². The van der Waals surface area contributed by atoms with E-state index in [1.54, 1.807) is 18.2 Å². The Balaban J connectivity index is 1.82. The average Bonchev–Trinajstić information content (AvgIpc) is 2.80. The fourth-order valence-corrected chi connectivity index (χ4v) is 4.56. The van der Waals surface area contributed by atoms with E-state index in [0.717, 1.165) is 8.78 Å². The first-order chi connectivity index (χ1) is 12.4. The second-order valence-electron chi connectivity index (χ2n) is 5.39. The first-order valence-electron chi connectivity index (χ1n) is 7.60. The minimum Gasteiger partial charge on any atom is -0.493 e. The summed E-state index contributed by atoms with van der Waals surface area (Å²) >= 11 is 3.33. The molecule has 1 heterocycles. The Bertz CT molecular complexity index is 960. The Kier molecular flexibility index (Phi) is 5.10. The average molecular weight is 442 g/mol. The van der Waals surface area contributed by atoms with Gasteiger partial charge in [0.05, 0.1) is 26.3 Å². The van der Waals surface area contributed by atoms with Crippen molar-refractivity contribution < 1.29 is 27.4 Å². The molecule has 1 amide bonds. The molecule has 0 N–H and O–H groups in total. The highest BCUT2D eigenvalue weighted by Gasteiger charge is 2.42. The van der Waals surface area contributed by atoms with Crippen LogP contribution in [0.5, 0.6) is 17.2 Å². The third-order valence-electron chi connectivity index (χ3n) is 3.87. The zero-order chi connectivity index (χ0) is 18.9. The summed E-state index contributed by atoms with van der Waals surface area (Å²) in [5, 5.41) is 0. The Morgan fingerprint density at radius 3 is 2.42 bits per heavy atom. The number of carbonyl (C=O) groups excluding carboxylic acids is 1. The van der Waals surface area contributed by atoms with E-state index in [0.29, 0.717) is 11.5 Å². The predicted molar refractivity (Wildman–Crippen MR) is 97.4 cm³/mol. The van der Waals surface area contributed by atoms with Crippen LogP contribution < -0.4 is 14.2 Å². The largest absolute Gasteiger partial charge is 0.493 e. The number of carbonyl (C=O) groups is 1. The summed E-state index contributed by atoms with van der Waals surface area (Å²) in [5.74, 6) is 0.500. The van der Waals surface area contributed by atoms with Crippen molar-refractivity contribution in [2.75, 3.05) is 27.4 Å². The van der Waals surface area contributed by atoms with Crippen molar-refractivity contribution in [1.82, 2.24) is 4.31 Å². The number of halogens is 1. The van der Waals surface area contributed by atoms with Crippen LogP contribution >= 0.6 is 15.9 Å². The van der Waals surface area contributed by atoms with E-state index in [4.69, 9.17) is 14.2 Å². The number of hydrogen-bond acceptors (Lipinski definition) is 6. The van der Waals surface area contributed by atoms with E-state index in [9.17, 15) is 13.2 Å². The van der Waals surface area contributed by atoms with Crippen LogP contribution in [0.4, 0.5) is 0 Å². The second-order valence-corrected chi connectivity index (χ2v) is 8.14. The molecule has 2 aromatic carbocycles. The van der Waals surface area contributed by atoms with Gasteiger partial charge in [0.25, 0.3) is 15.9 Å². The summed E-state index contributed by atoms with van der Waals surface area (Å²) in [6.07, 6.45) is 0. The van der Waals surface area contributed by atoms with Crippen LogP contribution in [-0.2, 0) is 10.0 Å². The molecular formula is C17H16BrNO6S. The zero-order valence-corrected chi connectivity index (χ0v) is 16.5. The van der Waals surface area contributed by atoms with Gasteiger partial charge in [-0.2, -0.15) is 0 Å². The highest BCUT2D eigenvalue weighted by molar-refractivity contribution is 9.10. The fraction of sp³-hybridized carbons (Fsp3) is 0.235. The molecule has 1 aliphatic heterocycles. The SMILES string of the molecule is COc1cc2c(cc1OC)S(=O)(=O)N(CCOc1cccc(Br)c1)C2=O. The minimum absolute atomic E-state index is 0.0314. The molecule has 0 atom stereocenters. The molecule has 0 spiro atoms. The molecule has 7 nitrogen and oxygen atoms in total. The maximum Gasteiger partial charge on any atom is 0.269 e. The van der Waals surface area contributed by atoms with Crippen molar-refractivity contribution in [2.24, 2.45) is 0 Å². The van der Waals surface area contributed by atoms with Gasteiger partial charge in [-0.3, -0.25) is 4.79 Å². The van der Waals surface area contributed by atoms with E-state index in [1.807, 2.05) is 6.07 Å². The summed E-state index contributed by atoms with van der Waals surface area (Å²) in [6.45, 7) is -0.0727. The van der Waals surface area contributed by atoms with E-state index >= 15 is 0 Å². The van der Waals surface area contributed by atoms with Crippen molar-refractivity contribution in [3.63, 3.8) is 0 Å². The highest BCUT2D eigenvalue weighted by Crippen LogP contribution is 2.38. The van der Waals surface area contributed by atoms with Crippen LogP contribution in [0.15, 0.2) is 45.8 Å². The van der Waals surface area contributed by atoms with Gasteiger partial charge >= 0.3 is 0 Å². The summed E-state index contributed by atoms with van der Waals surface area (Å²) < 4.78 is 42.9. The molecule has 0 saturated heterocycles. The molecule has 9 heteroatoms. The predicted octanol–water partition coefficient (Wildman–Crippen LogP) is 2.69. The number of ether oxygens (including phenoxy) is 3. The molecule has 1 aliphatic rings. The standard InChI is InChI=1S/C17H16BrNO6S/c1-23-14-9-13-16(10-15(14)24-2)26(21,22)19(17(13)20)6-7-25-12-5-3-4-11(18)8-12/h3-5,8-10H,6-7H2,1-2H3. The highest BCUT2D eigenvalue weighted by atomic mass is 79.9. The fourth-order valence-electron chi connectivity index (χ4n) is 2.63. The lowest BCUT2D eigenvalue weighted by Crippen LogP contribution is -2.33. The third-order valence-corrected chi connectivity index (χ3v) is 6.19. The molecule has 0 radical (unpaired) electrons. The number of hydrogen-bond donors (Lipinski definition) is 0. The van der Waals surface area contributed by atoms with Crippen molar-refractivity contribution in [3.05, 3.63) is 46.4 Å². The number of fused-ring (bicyclic) bond motifs is 1. The maximum atomic E-state index is 12.7. The first-order valence-corrected chi connectivity index (χ1v) is 9.83. The summed E-state index contributed by atoms with van der Waals surface area (Å²) in [6, 6.07) is 9.82. The van der Waals surface area contributed by atoms with Gasteiger partial charge in [0, 0.05) is 10.5 Å². The lowest BCUT2D eigenvalue weighted by Gasteiger charge is -2.15. The van der Waals surface area contributed by atoms with Crippen LogP contribution in [0, 0.1) is 0 Å². The van der Waals surface area contributed by atoms with Gasteiger partial charge in [-0.15, -0.1) is 0 Å². The van der Waals surface area contributed by atoms with Gasteiger partial charge < -0.3 is 14.2 Å². The van der Waals surface area contributed by atoms with Crippen molar-refractivity contribution in [2.45, 2.75) is 4.90 Å². The minimum atomic E-state index is -3.96. The lowest BCUT2D eigenvalue weighted by atomic mass is 10.2. The van der Waals surface area contributed by atoms with Crippen molar-refractivity contribution >= 4 is 31.9 Å². The molecule has 138 valence electrons. The quantitative estimate of drug-likeness (QED) is 0.685. The molecule has 3 rings (SSSR count). The molecule has 2 aromatic rings. The number of sulfonamides is 1. The molecule has 0 aromatic heterocycles. The van der Waals surface area contributed by atoms with E-state index < -0.39 is 15.9 Å². The molecule has 26 heavy (non-hydrogen) atoms. The third kappa shape index (κ3) is 3.24. The number of methoxy groups -OCH3 is 2. The Labute approximate surface area is 159 Å². The van der Waals surface area contributed by atoms with Crippen LogP contribution in [0.2, 0.25) is 0 Å². The molecule has 0 saturated carbocycles. The molecule has 0 bridgehead atoms. The zero-order valence-electron chi connectivity index (χ0n) is 14.1. The smallest absolute Gasteiger partial charge is 0.269 e. The Morgan fingerprint density at radius 1 is 1.08 bits per heavy atom. The van der Waals surface area contributed by atoms with E-state index in [2.05, 4.69) is 15.9 Å². The summed E-state index contributed by atoms with van der Waals surface area (Å²) in [4.78, 5) is 12.5. The van der Waals surface area contributed by atoms with E-state index in [-0.39, 0.29) is 29.4 Å². The monoisotopic (exact) mass is 441 g/mol. The second kappa shape index (κ2) is 7.16. The van der Waals surface area contributed by atoms with Crippen LogP contribution in [0.1, 0.15) is 10.4 Å². The van der Waals surface area contributed by atoms with Gasteiger partial charge in [0.1, 0.15) is 17.3 Å². The van der Waals surface area contributed by atoms with Gasteiger partial charge in [-0.05, 0) is 24.3 Å². The van der Waals surface area contributed by atoms with Gasteiger partial charge in [0.15, 0.2) is 11.5 Å². The lowest BCUT2D eigenvalue weighted by molar-refractivity contribution is 0.0856. The number of nitrogens with zero attached hydrogens (tertiary/aromatic N) is 1. The number of amides is 1. The van der Waals surface area contributed by atoms with Crippen LogP contribution in [-0.4, -0.2) is 46.0 Å². The Morgan fingerprint density at radius 2 is 1.77 bits per heavy atom. The topological polar surface area (TPSA) is 82.1 Å². The molecule has 0 aliphatic carbocycles. The van der Waals surface area contributed by atoms with Gasteiger partial charge in [-0.1, -0.05) is 22.0 Å². The first kappa shape index (κ1) is 18.5. The molecule has 0 fully saturated rings. The molecular weight excluding hydrogens is 426 g/mol. The number of rotatable bonds is 6. The van der Waals surface area contributed by atoms with Gasteiger partial charge in [-0.25, -0.2) is 12.7 Å². The molecule has 0 unspecified atom stereocenters.